The molecule has 0 aromatic heterocycles. The lowest BCUT2D eigenvalue weighted by atomic mass is 10.0. The first kappa shape index (κ1) is 14.9. The first-order valence-corrected chi connectivity index (χ1v) is 7.08. The maximum Gasteiger partial charge on any atom is 0.278 e. The van der Waals surface area contributed by atoms with E-state index in [-0.39, 0.29) is 0 Å². The molecule has 6 nitrogen and oxygen atoms in total. The summed E-state index contributed by atoms with van der Waals surface area (Å²) in [5, 5.41) is 5.37. The van der Waals surface area contributed by atoms with E-state index in [1.165, 1.54) is 14.0 Å². The Kier molecular flexibility index (Phi) is 3.65. The molecule has 3 rings (SSSR count). The van der Waals surface area contributed by atoms with Gasteiger partial charge in [0, 0.05) is 11.8 Å². The fourth-order valence-electron chi connectivity index (χ4n) is 2.27. The third-order valence-corrected chi connectivity index (χ3v) is 3.64. The van der Waals surface area contributed by atoms with Crippen molar-refractivity contribution in [1.29, 1.82) is 0 Å². The molecule has 0 saturated heterocycles. The lowest BCUT2D eigenvalue weighted by Crippen LogP contribution is -2.56. The highest BCUT2D eigenvalue weighted by atomic mass is 16.5. The zero-order chi connectivity index (χ0) is 16.4. The van der Waals surface area contributed by atoms with E-state index in [2.05, 4.69) is 10.6 Å². The van der Waals surface area contributed by atoms with Gasteiger partial charge >= 0.3 is 0 Å². The topological polar surface area (TPSA) is 76.7 Å². The number of ether oxygens (including phenoxy) is 2. The number of amides is 2. The van der Waals surface area contributed by atoms with E-state index in [4.69, 9.17) is 9.47 Å². The van der Waals surface area contributed by atoms with Crippen LogP contribution in [0.4, 0.5) is 11.4 Å². The molecule has 1 heterocycles. The predicted molar refractivity (Wildman–Crippen MR) is 85.7 cm³/mol. The van der Waals surface area contributed by atoms with Gasteiger partial charge in [-0.05, 0) is 31.2 Å². The van der Waals surface area contributed by atoms with Crippen molar-refractivity contribution < 1.29 is 19.1 Å². The molecule has 1 aliphatic rings. The van der Waals surface area contributed by atoms with Crippen LogP contribution in [0.25, 0.3) is 0 Å². The molecule has 23 heavy (non-hydrogen) atoms. The van der Waals surface area contributed by atoms with Gasteiger partial charge in [-0.15, -0.1) is 0 Å². The van der Waals surface area contributed by atoms with Crippen LogP contribution in [0.3, 0.4) is 0 Å². The van der Waals surface area contributed by atoms with Crippen LogP contribution in [0.5, 0.6) is 11.5 Å². The molecule has 2 N–H and O–H groups in total. The Morgan fingerprint density at radius 2 is 2.00 bits per heavy atom. The summed E-state index contributed by atoms with van der Waals surface area (Å²) in [6.07, 6.45) is 0. The number of hydrogen-bond acceptors (Lipinski definition) is 4. The van der Waals surface area contributed by atoms with Crippen molar-refractivity contribution in [2.75, 3.05) is 17.7 Å². The highest BCUT2D eigenvalue weighted by Crippen LogP contribution is 2.33. The van der Waals surface area contributed by atoms with E-state index in [1.807, 2.05) is 0 Å². The minimum Gasteiger partial charge on any atom is -0.497 e. The van der Waals surface area contributed by atoms with Gasteiger partial charge in [-0.2, -0.15) is 0 Å². The molecule has 2 amide bonds. The van der Waals surface area contributed by atoms with Gasteiger partial charge in [0.1, 0.15) is 11.5 Å². The summed E-state index contributed by atoms with van der Waals surface area (Å²) in [5.74, 6) is -0.0166. The Morgan fingerprint density at radius 1 is 1.22 bits per heavy atom. The van der Waals surface area contributed by atoms with Crippen molar-refractivity contribution in [1.82, 2.24) is 0 Å². The molecule has 0 aliphatic carbocycles. The highest BCUT2D eigenvalue weighted by molar-refractivity contribution is 6.19. The number of hydrogen-bond donors (Lipinski definition) is 2. The van der Waals surface area contributed by atoms with Crippen LogP contribution in [-0.4, -0.2) is 24.5 Å². The second-order valence-electron chi connectivity index (χ2n) is 5.27. The zero-order valence-corrected chi connectivity index (χ0v) is 12.8. The monoisotopic (exact) mass is 312 g/mol. The van der Waals surface area contributed by atoms with E-state index in [0.717, 1.165) is 0 Å². The van der Waals surface area contributed by atoms with Gasteiger partial charge in [0.15, 0.2) is 0 Å². The molecular weight excluding hydrogens is 296 g/mol. The van der Waals surface area contributed by atoms with Crippen LogP contribution < -0.4 is 20.1 Å². The molecule has 1 aliphatic heterocycles. The quantitative estimate of drug-likeness (QED) is 0.853. The van der Waals surface area contributed by atoms with Crippen LogP contribution in [0.1, 0.15) is 6.92 Å². The SMILES string of the molecule is COc1cccc(NC(=O)C2(C)Oc3ccccc3NC2=O)c1. The Labute approximate surface area is 133 Å². The lowest BCUT2D eigenvalue weighted by Gasteiger charge is -2.33. The number of fused-ring (bicyclic) bond motifs is 1. The molecule has 0 bridgehead atoms. The molecule has 118 valence electrons. The minimum absolute atomic E-state index is 0.454. The normalized spacial score (nSPS) is 19.1. The highest BCUT2D eigenvalue weighted by Gasteiger charge is 2.47. The van der Waals surface area contributed by atoms with Gasteiger partial charge in [0.2, 0.25) is 0 Å². The molecule has 0 saturated carbocycles. The lowest BCUT2D eigenvalue weighted by molar-refractivity contribution is -0.143. The molecule has 0 radical (unpaired) electrons. The smallest absolute Gasteiger partial charge is 0.278 e. The number of carbonyl (C=O) groups is 2. The summed E-state index contributed by atoms with van der Waals surface area (Å²) >= 11 is 0. The summed E-state index contributed by atoms with van der Waals surface area (Å²) in [7, 11) is 1.54. The number of methoxy groups -OCH3 is 1. The first-order valence-electron chi connectivity index (χ1n) is 7.08. The molecule has 6 heteroatoms. The van der Waals surface area contributed by atoms with Crippen molar-refractivity contribution >= 4 is 23.2 Å². The average Bonchev–Trinajstić information content (AvgIpc) is 2.56. The van der Waals surface area contributed by atoms with Gasteiger partial charge in [0.05, 0.1) is 12.8 Å². The third kappa shape index (κ3) is 2.70. The molecule has 0 spiro atoms. The fraction of sp³-hybridized carbons (Fsp3) is 0.176. The Bertz CT molecular complexity index is 775. The summed E-state index contributed by atoms with van der Waals surface area (Å²) in [6.45, 7) is 1.44. The van der Waals surface area contributed by atoms with E-state index in [0.29, 0.717) is 22.9 Å². The van der Waals surface area contributed by atoms with Gasteiger partial charge in [-0.1, -0.05) is 18.2 Å². The van der Waals surface area contributed by atoms with Crippen molar-refractivity contribution in [3.8, 4) is 11.5 Å². The number of nitrogens with one attached hydrogen (secondary N) is 2. The van der Waals surface area contributed by atoms with Crippen molar-refractivity contribution in [2.24, 2.45) is 0 Å². The van der Waals surface area contributed by atoms with E-state index >= 15 is 0 Å². The van der Waals surface area contributed by atoms with Crippen LogP contribution in [0, 0.1) is 0 Å². The van der Waals surface area contributed by atoms with Gasteiger partial charge < -0.3 is 20.1 Å². The molecule has 2 aromatic carbocycles. The van der Waals surface area contributed by atoms with Crippen molar-refractivity contribution in [2.45, 2.75) is 12.5 Å². The number of rotatable bonds is 3. The number of benzene rings is 2. The Balaban J connectivity index is 1.85. The van der Waals surface area contributed by atoms with Gasteiger partial charge in [-0.25, -0.2) is 0 Å². The molecular formula is C17H16N2O4. The second-order valence-corrected chi connectivity index (χ2v) is 5.27. The maximum atomic E-state index is 12.6. The number of anilines is 2. The van der Waals surface area contributed by atoms with Crippen molar-refractivity contribution in [3.05, 3.63) is 48.5 Å². The predicted octanol–water partition coefficient (Wildman–Crippen LogP) is 2.42. The first-order chi connectivity index (χ1) is 11.0. The van der Waals surface area contributed by atoms with E-state index in [1.54, 1.807) is 48.5 Å². The average molecular weight is 312 g/mol. The van der Waals surface area contributed by atoms with Crippen LogP contribution in [0.2, 0.25) is 0 Å². The second kappa shape index (κ2) is 5.64. The molecule has 1 unspecified atom stereocenters. The Morgan fingerprint density at radius 3 is 2.78 bits per heavy atom. The summed E-state index contributed by atoms with van der Waals surface area (Å²) in [5.41, 5.74) is -0.591. The van der Waals surface area contributed by atoms with Crippen molar-refractivity contribution in [3.63, 3.8) is 0 Å². The van der Waals surface area contributed by atoms with Crippen LogP contribution in [0.15, 0.2) is 48.5 Å². The number of carbonyl (C=O) groups excluding carboxylic acids is 2. The van der Waals surface area contributed by atoms with Gasteiger partial charge in [0.25, 0.3) is 17.4 Å². The van der Waals surface area contributed by atoms with Crippen LogP contribution in [-0.2, 0) is 9.59 Å². The molecule has 1 atom stereocenters. The Hall–Kier alpha value is -3.02. The fourth-order valence-corrected chi connectivity index (χ4v) is 2.27. The summed E-state index contributed by atoms with van der Waals surface area (Å²) in [4.78, 5) is 24.9. The number of para-hydroxylation sites is 2. The third-order valence-electron chi connectivity index (χ3n) is 3.64. The maximum absolute atomic E-state index is 12.6. The molecule has 0 fully saturated rings. The van der Waals surface area contributed by atoms with E-state index in [9.17, 15) is 9.59 Å². The summed E-state index contributed by atoms with van der Waals surface area (Å²) < 4.78 is 10.8. The van der Waals surface area contributed by atoms with Crippen LogP contribution >= 0.6 is 0 Å². The minimum atomic E-state index is -1.66. The summed E-state index contributed by atoms with van der Waals surface area (Å²) in [6, 6.07) is 13.8. The standard InChI is InChI=1S/C17H16N2O4/c1-17(15(20)18-11-6-5-7-12(10-11)22-2)16(21)19-13-8-3-4-9-14(13)23-17/h3-10H,1-2H3,(H,18,20)(H,19,21). The van der Waals surface area contributed by atoms with Gasteiger partial charge in [-0.3, -0.25) is 9.59 Å². The largest absolute Gasteiger partial charge is 0.497 e. The van der Waals surface area contributed by atoms with E-state index < -0.39 is 17.4 Å². The zero-order valence-electron chi connectivity index (χ0n) is 12.8. The molecule has 2 aromatic rings.